The standard InChI is InChI=1S/C13H26O4S/c1-2-3-4-5-6-7-8-18-13-12(16)11(15)10(9-14)17-13/h10-16H,2-9H2,1H3/t10-,11+,12+,13+/m1/s1. The van der Waals surface area contributed by atoms with Crippen molar-refractivity contribution in [2.24, 2.45) is 0 Å². The fraction of sp³-hybridized carbons (Fsp3) is 1.00. The van der Waals surface area contributed by atoms with Gasteiger partial charge >= 0.3 is 0 Å². The summed E-state index contributed by atoms with van der Waals surface area (Å²) in [6.45, 7) is 1.96. The molecule has 4 nitrogen and oxygen atoms in total. The third kappa shape index (κ3) is 5.05. The number of hydrogen-bond acceptors (Lipinski definition) is 5. The molecule has 5 heteroatoms. The molecule has 108 valence electrons. The van der Waals surface area contributed by atoms with Crippen molar-refractivity contribution in [2.75, 3.05) is 12.4 Å². The van der Waals surface area contributed by atoms with Crippen LogP contribution in [0.25, 0.3) is 0 Å². The number of aliphatic hydroxyl groups excluding tert-OH is 3. The monoisotopic (exact) mass is 278 g/mol. The summed E-state index contributed by atoms with van der Waals surface area (Å²) in [5, 5.41) is 28.3. The highest BCUT2D eigenvalue weighted by Gasteiger charge is 2.42. The summed E-state index contributed by atoms with van der Waals surface area (Å²) >= 11 is 1.54. The Hall–Kier alpha value is 0.190. The van der Waals surface area contributed by atoms with Gasteiger partial charge in [-0.25, -0.2) is 0 Å². The number of rotatable bonds is 9. The second kappa shape index (κ2) is 9.15. The summed E-state index contributed by atoms with van der Waals surface area (Å²) in [5.41, 5.74) is -0.396. The SMILES string of the molecule is CCCCCCCCS[C@@H]1O[C@H](CO)[C@H](O)[C@@H]1O. The molecular weight excluding hydrogens is 252 g/mol. The van der Waals surface area contributed by atoms with Crippen LogP contribution in [0, 0.1) is 0 Å². The number of aliphatic hydroxyl groups is 3. The van der Waals surface area contributed by atoms with Crippen molar-refractivity contribution in [2.45, 2.75) is 69.2 Å². The number of thioether (sulfide) groups is 1. The molecule has 0 unspecified atom stereocenters. The van der Waals surface area contributed by atoms with E-state index in [9.17, 15) is 10.2 Å². The van der Waals surface area contributed by atoms with E-state index >= 15 is 0 Å². The van der Waals surface area contributed by atoms with Crippen LogP contribution in [-0.2, 0) is 4.74 Å². The lowest BCUT2D eigenvalue weighted by atomic mass is 10.1. The van der Waals surface area contributed by atoms with Crippen molar-refractivity contribution in [3.63, 3.8) is 0 Å². The molecule has 0 aromatic heterocycles. The van der Waals surface area contributed by atoms with Crippen LogP contribution < -0.4 is 0 Å². The van der Waals surface area contributed by atoms with Crippen molar-refractivity contribution in [3.05, 3.63) is 0 Å². The molecule has 0 saturated carbocycles. The summed E-state index contributed by atoms with van der Waals surface area (Å²) in [7, 11) is 0. The first-order chi connectivity index (χ1) is 8.70. The molecule has 0 aliphatic carbocycles. The van der Waals surface area contributed by atoms with Gasteiger partial charge in [0, 0.05) is 0 Å². The summed E-state index contributed by atoms with van der Waals surface area (Å²) in [6, 6.07) is 0. The highest BCUT2D eigenvalue weighted by Crippen LogP contribution is 2.29. The zero-order valence-electron chi connectivity index (χ0n) is 11.1. The fourth-order valence-corrected chi connectivity index (χ4v) is 3.27. The van der Waals surface area contributed by atoms with E-state index in [0.29, 0.717) is 0 Å². The molecular formula is C13H26O4S. The van der Waals surface area contributed by atoms with Crippen LogP contribution in [0.2, 0.25) is 0 Å². The molecule has 0 bridgehead atoms. The fourth-order valence-electron chi connectivity index (χ4n) is 2.08. The van der Waals surface area contributed by atoms with E-state index < -0.39 is 23.7 Å². The zero-order valence-corrected chi connectivity index (χ0v) is 11.9. The lowest BCUT2D eigenvalue weighted by Crippen LogP contribution is -2.33. The Morgan fingerprint density at radius 2 is 1.67 bits per heavy atom. The van der Waals surface area contributed by atoms with Gasteiger partial charge in [-0.05, 0) is 12.2 Å². The minimum Gasteiger partial charge on any atom is -0.394 e. The van der Waals surface area contributed by atoms with E-state index in [0.717, 1.165) is 12.2 Å². The maximum absolute atomic E-state index is 9.72. The van der Waals surface area contributed by atoms with E-state index in [4.69, 9.17) is 9.84 Å². The van der Waals surface area contributed by atoms with Gasteiger partial charge in [-0.3, -0.25) is 0 Å². The largest absolute Gasteiger partial charge is 0.394 e. The maximum atomic E-state index is 9.72. The van der Waals surface area contributed by atoms with Crippen LogP contribution in [0.3, 0.4) is 0 Å². The Morgan fingerprint density at radius 1 is 1.00 bits per heavy atom. The minimum atomic E-state index is -0.961. The maximum Gasteiger partial charge on any atom is 0.132 e. The predicted octanol–water partition coefficient (Wildman–Crippen LogP) is 1.52. The summed E-state index contributed by atoms with van der Waals surface area (Å²) < 4.78 is 5.39. The molecule has 4 atom stereocenters. The lowest BCUT2D eigenvalue weighted by molar-refractivity contribution is -0.00808. The third-order valence-corrected chi connectivity index (χ3v) is 4.52. The van der Waals surface area contributed by atoms with Crippen molar-refractivity contribution in [3.8, 4) is 0 Å². The van der Waals surface area contributed by atoms with Crippen molar-refractivity contribution in [1.82, 2.24) is 0 Å². The molecule has 1 aliphatic heterocycles. The molecule has 1 aliphatic rings. The van der Waals surface area contributed by atoms with Gasteiger partial charge in [0.25, 0.3) is 0 Å². The molecule has 0 spiro atoms. The minimum absolute atomic E-state index is 0.244. The first-order valence-electron chi connectivity index (χ1n) is 6.94. The molecule has 0 aromatic carbocycles. The Labute approximate surface area is 114 Å². The number of unbranched alkanes of at least 4 members (excludes halogenated alkanes) is 5. The Kier molecular flexibility index (Phi) is 8.26. The Bertz CT molecular complexity index is 215. The van der Waals surface area contributed by atoms with Crippen LogP contribution in [0.1, 0.15) is 45.4 Å². The molecule has 0 amide bonds. The number of ether oxygens (including phenoxy) is 1. The van der Waals surface area contributed by atoms with Crippen molar-refractivity contribution < 1.29 is 20.1 Å². The smallest absolute Gasteiger partial charge is 0.132 e. The van der Waals surface area contributed by atoms with E-state index in [1.165, 1.54) is 43.9 Å². The van der Waals surface area contributed by atoms with Gasteiger partial charge in [-0.15, -0.1) is 11.8 Å². The third-order valence-electron chi connectivity index (χ3n) is 3.28. The van der Waals surface area contributed by atoms with E-state index in [1.807, 2.05) is 0 Å². The number of hydrogen-bond donors (Lipinski definition) is 3. The second-order valence-electron chi connectivity index (χ2n) is 4.85. The van der Waals surface area contributed by atoms with Gasteiger partial charge in [-0.2, -0.15) is 0 Å². The van der Waals surface area contributed by atoms with Gasteiger partial charge in [0.2, 0.25) is 0 Å². The van der Waals surface area contributed by atoms with Crippen LogP contribution in [0.4, 0.5) is 0 Å². The summed E-state index contributed by atoms with van der Waals surface area (Å²) in [5.74, 6) is 0.929. The Morgan fingerprint density at radius 3 is 2.28 bits per heavy atom. The van der Waals surface area contributed by atoms with Crippen molar-refractivity contribution in [1.29, 1.82) is 0 Å². The van der Waals surface area contributed by atoms with Gasteiger partial charge in [0.1, 0.15) is 23.7 Å². The highest BCUT2D eigenvalue weighted by atomic mass is 32.2. The van der Waals surface area contributed by atoms with Gasteiger partial charge in [0.05, 0.1) is 6.61 Å². The van der Waals surface area contributed by atoms with Gasteiger partial charge in [0.15, 0.2) is 0 Å². The predicted molar refractivity (Wildman–Crippen MR) is 73.6 cm³/mol. The quantitative estimate of drug-likeness (QED) is 0.558. The van der Waals surface area contributed by atoms with Crippen LogP contribution in [0.5, 0.6) is 0 Å². The van der Waals surface area contributed by atoms with E-state index in [1.54, 1.807) is 0 Å². The second-order valence-corrected chi connectivity index (χ2v) is 6.05. The molecule has 18 heavy (non-hydrogen) atoms. The van der Waals surface area contributed by atoms with E-state index in [-0.39, 0.29) is 6.61 Å². The zero-order chi connectivity index (χ0) is 13.4. The van der Waals surface area contributed by atoms with Crippen molar-refractivity contribution >= 4 is 11.8 Å². The van der Waals surface area contributed by atoms with E-state index in [2.05, 4.69) is 6.92 Å². The van der Waals surface area contributed by atoms with Gasteiger partial charge < -0.3 is 20.1 Å². The first-order valence-corrected chi connectivity index (χ1v) is 7.99. The molecule has 0 aromatic rings. The summed E-state index contributed by atoms with van der Waals surface area (Å²) in [6.07, 6.45) is 4.98. The van der Waals surface area contributed by atoms with Crippen LogP contribution in [0.15, 0.2) is 0 Å². The average Bonchev–Trinajstić information content (AvgIpc) is 2.65. The molecule has 1 rings (SSSR count). The lowest BCUT2D eigenvalue weighted by Gasteiger charge is -2.13. The Balaban J connectivity index is 2.05. The topological polar surface area (TPSA) is 69.9 Å². The molecule has 1 heterocycles. The normalized spacial score (nSPS) is 32.0. The molecule has 1 fully saturated rings. The van der Waals surface area contributed by atoms with Crippen LogP contribution in [-0.4, -0.2) is 51.4 Å². The average molecular weight is 278 g/mol. The van der Waals surface area contributed by atoms with Crippen LogP contribution >= 0.6 is 11.8 Å². The highest BCUT2D eigenvalue weighted by molar-refractivity contribution is 7.99. The first kappa shape index (κ1) is 16.2. The molecule has 3 N–H and O–H groups in total. The molecule has 1 saturated heterocycles. The summed E-state index contributed by atoms with van der Waals surface area (Å²) in [4.78, 5) is 0. The van der Waals surface area contributed by atoms with Gasteiger partial charge in [-0.1, -0.05) is 39.0 Å². The molecule has 0 radical (unpaired) electrons.